The zero-order chi connectivity index (χ0) is 8.27. The van der Waals surface area contributed by atoms with Crippen molar-refractivity contribution in [2.24, 2.45) is 0 Å². The Kier molecular flexibility index (Phi) is 2.38. The third-order valence-corrected chi connectivity index (χ3v) is 1.26. The van der Waals surface area contributed by atoms with E-state index in [9.17, 15) is 9.59 Å². The maximum atomic E-state index is 10.8. The molecule has 11 heavy (non-hydrogen) atoms. The van der Waals surface area contributed by atoms with Crippen LogP contribution in [0.5, 0.6) is 0 Å². The van der Waals surface area contributed by atoms with E-state index in [2.05, 4.69) is 11.3 Å². The van der Waals surface area contributed by atoms with E-state index in [0.29, 0.717) is 6.42 Å². The van der Waals surface area contributed by atoms with Crippen LogP contribution in [0.4, 0.5) is 0 Å². The molecule has 0 radical (unpaired) electrons. The van der Waals surface area contributed by atoms with Gasteiger partial charge in [-0.3, -0.25) is 0 Å². The molecule has 0 aromatic rings. The van der Waals surface area contributed by atoms with Crippen LogP contribution < -0.4 is 0 Å². The van der Waals surface area contributed by atoms with E-state index in [1.165, 1.54) is 0 Å². The molecule has 0 bridgehead atoms. The lowest BCUT2D eigenvalue weighted by molar-refractivity contribution is -0.182. The van der Waals surface area contributed by atoms with Gasteiger partial charge in [-0.15, -0.1) is 6.58 Å². The van der Waals surface area contributed by atoms with Gasteiger partial charge in [-0.2, -0.15) is 0 Å². The maximum absolute atomic E-state index is 10.8. The summed E-state index contributed by atoms with van der Waals surface area (Å²) in [5.74, 6) is -1.25. The van der Waals surface area contributed by atoms with E-state index in [4.69, 9.17) is 4.74 Å². The first kappa shape index (κ1) is 7.94. The van der Waals surface area contributed by atoms with Gasteiger partial charge in [0.15, 0.2) is 6.10 Å². The van der Waals surface area contributed by atoms with Crippen molar-refractivity contribution >= 4 is 11.9 Å². The van der Waals surface area contributed by atoms with Gasteiger partial charge in [0.2, 0.25) is 0 Å². The average molecular weight is 156 g/mol. The molecule has 1 saturated heterocycles. The zero-order valence-electron chi connectivity index (χ0n) is 5.91. The predicted octanol–water partition coefficient (Wildman–Crippen LogP) is 0.0311. The quantitative estimate of drug-likeness (QED) is 0.321. The van der Waals surface area contributed by atoms with Crippen LogP contribution in [0, 0.1) is 0 Å². The van der Waals surface area contributed by atoms with Crippen molar-refractivity contribution in [3.8, 4) is 0 Å². The fourth-order valence-corrected chi connectivity index (χ4v) is 0.760. The molecular formula is C7H8O4. The Labute approximate surface area is 63.8 Å². The molecule has 1 aliphatic rings. The molecule has 1 heterocycles. The van der Waals surface area contributed by atoms with Gasteiger partial charge in [-0.25, -0.2) is 9.59 Å². The Morgan fingerprint density at radius 1 is 1.64 bits per heavy atom. The second kappa shape index (κ2) is 3.30. The SMILES string of the molecule is C=CCC1OCC(=O)OC1=O. The van der Waals surface area contributed by atoms with Crippen LogP contribution in [-0.4, -0.2) is 24.6 Å². The first-order chi connectivity index (χ1) is 5.24. The van der Waals surface area contributed by atoms with Crippen molar-refractivity contribution in [1.29, 1.82) is 0 Å². The number of carbonyl (C=O) groups excluding carboxylic acids is 2. The average Bonchev–Trinajstić information content (AvgIpc) is 1.95. The Hall–Kier alpha value is -1.16. The molecule has 60 valence electrons. The van der Waals surface area contributed by atoms with E-state index in [0.717, 1.165) is 0 Å². The van der Waals surface area contributed by atoms with Gasteiger partial charge in [-0.05, 0) is 0 Å². The summed E-state index contributed by atoms with van der Waals surface area (Å²) in [7, 11) is 0. The number of carbonyl (C=O) groups is 2. The van der Waals surface area contributed by atoms with Gasteiger partial charge in [0.05, 0.1) is 0 Å². The highest BCUT2D eigenvalue weighted by Gasteiger charge is 2.28. The summed E-state index contributed by atoms with van der Waals surface area (Å²) in [5.41, 5.74) is 0. The van der Waals surface area contributed by atoms with Crippen LogP contribution in [0.2, 0.25) is 0 Å². The highest BCUT2D eigenvalue weighted by atomic mass is 16.6. The number of rotatable bonds is 2. The van der Waals surface area contributed by atoms with Crippen molar-refractivity contribution in [1.82, 2.24) is 0 Å². The third kappa shape index (κ3) is 1.88. The van der Waals surface area contributed by atoms with Crippen molar-refractivity contribution in [2.45, 2.75) is 12.5 Å². The molecule has 0 spiro atoms. The predicted molar refractivity (Wildman–Crippen MR) is 35.7 cm³/mol. The number of hydrogen-bond acceptors (Lipinski definition) is 4. The molecule has 1 aliphatic heterocycles. The molecule has 1 fully saturated rings. The van der Waals surface area contributed by atoms with Gasteiger partial charge in [0.1, 0.15) is 6.61 Å². The minimum atomic E-state index is -0.648. The molecule has 4 heteroatoms. The topological polar surface area (TPSA) is 52.6 Å². The van der Waals surface area contributed by atoms with Crippen LogP contribution in [0.1, 0.15) is 6.42 Å². The molecule has 1 atom stereocenters. The summed E-state index contributed by atoms with van der Waals surface area (Å²) >= 11 is 0. The van der Waals surface area contributed by atoms with Gasteiger partial charge < -0.3 is 9.47 Å². The lowest BCUT2D eigenvalue weighted by Gasteiger charge is -2.18. The second-order valence-electron chi connectivity index (χ2n) is 2.12. The summed E-state index contributed by atoms with van der Waals surface area (Å²) in [4.78, 5) is 21.2. The fourth-order valence-electron chi connectivity index (χ4n) is 0.760. The number of cyclic esters (lactones) is 2. The Balaban J connectivity index is 2.50. The van der Waals surface area contributed by atoms with Crippen LogP contribution >= 0.6 is 0 Å². The van der Waals surface area contributed by atoms with E-state index in [1.807, 2.05) is 0 Å². The molecule has 1 rings (SSSR count). The highest BCUT2D eigenvalue weighted by molar-refractivity contribution is 5.90. The summed E-state index contributed by atoms with van der Waals surface area (Å²) < 4.78 is 9.15. The smallest absolute Gasteiger partial charge is 0.343 e. The van der Waals surface area contributed by atoms with Crippen LogP contribution in [0.3, 0.4) is 0 Å². The fraction of sp³-hybridized carbons (Fsp3) is 0.429. The maximum Gasteiger partial charge on any atom is 0.343 e. The first-order valence-electron chi connectivity index (χ1n) is 3.21. The van der Waals surface area contributed by atoms with Gasteiger partial charge in [0, 0.05) is 6.42 Å². The van der Waals surface area contributed by atoms with Crippen molar-refractivity contribution < 1.29 is 19.1 Å². The minimum Gasteiger partial charge on any atom is -0.389 e. The Morgan fingerprint density at radius 3 is 2.91 bits per heavy atom. The molecule has 0 N–H and O–H groups in total. The van der Waals surface area contributed by atoms with Crippen molar-refractivity contribution in [2.75, 3.05) is 6.61 Å². The second-order valence-corrected chi connectivity index (χ2v) is 2.12. The third-order valence-electron chi connectivity index (χ3n) is 1.26. The van der Waals surface area contributed by atoms with E-state index in [-0.39, 0.29) is 6.61 Å². The molecule has 0 saturated carbocycles. The van der Waals surface area contributed by atoms with Crippen LogP contribution in [0.25, 0.3) is 0 Å². The molecule has 0 aromatic carbocycles. The first-order valence-corrected chi connectivity index (χ1v) is 3.21. The summed E-state index contributed by atoms with van der Waals surface area (Å²) in [6.45, 7) is 3.29. The van der Waals surface area contributed by atoms with Gasteiger partial charge in [0.25, 0.3) is 0 Å². The summed E-state index contributed by atoms with van der Waals surface area (Å²) in [6.07, 6.45) is 1.28. The Morgan fingerprint density at radius 2 is 2.36 bits per heavy atom. The summed E-state index contributed by atoms with van der Waals surface area (Å²) in [5, 5.41) is 0. The lowest BCUT2D eigenvalue weighted by atomic mass is 10.2. The van der Waals surface area contributed by atoms with E-state index in [1.54, 1.807) is 6.08 Å². The highest BCUT2D eigenvalue weighted by Crippen LogP contribution is 2.07. The zero-order valence-corrected chi connectivity index (χ0v) is 5.91. The Bertz CT molecular complexity index is 197. The van der Waals surface area contributed by atoms with Crippen molar-refractivity contribution in [3.05, 3.63) is 12.7 Å². The molecule has 0 amide bonds. The molecule has 4 nitrogen and oxygen atoms in total. The largest absolute Gasteiger partial charge is 0.389 e. The van der Waals surface area contributed by atoms with Crippen molar-refractivity contribution in [3.63, 3.8) is 0 Å². The van der Waals surface area contributed by atoms with Gasteiger partial charge in [-0.1, -0.05) is 6.08 Å². The number of hydrogen-bond donors (Lipinski definition) is 0. The normalized spacial score (nSPS) is 24.5. The lowest BCUT2D eigenvalue weighted by Crippen LogP contribution is -2.36. The minimum absolute atomic E-state index is 0.149. The number of esters is 2. The molecule has 0 aromatic heterocycles. The molecular weight excluding hydrogens is 148 g/mol. The standard InChI is InChI=1S/C7H8O4/c1-2-3-5-7(9)11-6(8)4-10-5/h2,5H,1,3-4H2. The monoisotopic (exact) mass is 156 g/mol. The van der Waals surface area contributed by atoms with Crippen LogP contribution in [-0.2, 0) is 19.1 Å². The van der Waals surface area contributed by atoms with Crippen LogP contribution in [0.15, 0.2) is 12.7 Å². The van der Waals surface area contributed by atoms with E-state index < -0.39 is 18.0 Å². The molecule has 0 aliphatic carbocycles. The molecule has 1 unspecified atom stereocenters. The van der Waals surface area contributed by atoms with Gasteiger partial charge >= 0.3 is 11.9 Å². The summed E-state index contributed by atoms with van der Waals surface area (Å²) in [6, 6.07) is 0. The number of ether oxygens (including phenoxy) is 2. The van der Waals surface area contributed by atoms with E-state index >= 15 is 0 Å².